The van der Waals surface area contributed by atoms with Gasteiger partial charge < -0.3 is 10.6 Å². The Balaban J connectivity index is 1.51. The third kappa shape index (κ3) is 5.97. The summed E-state index contributed by atoms with van der Waals surface area (Å²) in [5.74, 6) is -0.383. The monoisotopic (exact) mass is 420 g/mol. The smallest absolute Gasteiger partial charge is 0.234 e. The highest BCUT2D eigenvalue weighted by molar-refractivity contribution is 8.00. The van der Waals surface area contributed by atoms with E-state index in [1.54, 1.807) is 0 Å². The number of thioether (sulfide) groups is 1. The third-order valence-electron chi connectivity index (χ3n) is 4.65. The Hall–Kier alpha value is -2.05. The van der Waals surface area contributed by atoms with Gasteiger partial charge in [0, 0.05) is 22.2 Å². The molecule has 148 valence electrons. The van der Waals surface area contributed by atoms with Gasteiger partial charge in [-0.15, -0.1) is 11.8 Å². The second-order valence-corrected chi connectivity index (χ2v) is 8.27. The van der Waals surface area contributed by atoms with E-state index in [1.165, 1.54) is 36.4 Å². The molecule has 3 rings (SSSR count). The van der Waals surface area contributed by atoms with Crippen LogP contribution in [0.15, 0.2) is 47.4 Å². The highest BCUT2D eigenvalue weighted by Gasteiger charge is 2.21. The molecule has 0 radical (unpaired) electrons. The number of carbonyl (C=O) groups excluding carboxylic acids is 2. The first-order chi connectivity index (χ1) is 13.5. The second-order valence-electron chi connectivity index (χ2n) is 6.82. The molecule has 1 fully saturated rings. The highest BCUT2D eigenvalue weighted by atomic mass is 35.5. The lowest BCUT2D eigenvalue weighted by Gasteiger charge is -2.20. The van der Waals surface area contributed by atoms with Crippen LogP contribution in [0.5, 0.6) is 0 Å². The zero-order chi connectivity index (χ0) is 19.9. The van der Waals surface area contributed by atoms with Crippen molar-refractivity contribution in [2.45, 2.75) is 37.0 Å². The lowest BCUT2D eigenvalue weighted by atomic mass is 9.88. The number of hydrogen-bond donors (Lipinski definition) is 2. The standard InChI is InChI=1S/C21H22ClFN2O2S/c22-18-12-16(9-10-19(18)23)24-20(26)13-28-17-8-4-7-15(11-17)25-21(27)14-5-2-1-3-6-14/h4,7-12,14H,1-3,5-6,13H2,(H,24,26)(H,25,27). The predicted molar refractivity (Wildman–Crippen MR) is 112 cm³/mol. The van der Waals surface area contributed by atoms with E-state index in [4.69, 9.17) is 11.6 Å². The van der Waals surface area contributed by atoms with Crippen molar-refractivity contribution in [2.75, 3.05) is 16.4 Å². The van der Waals surface area contributed by atoms with Crippen LogP contribution in [0.3, 0.4) is 0 Å². The molecule has 0 atom stereocenters. The molecular formula is C21H22ClFN2O2S. The van der Waals surface area contributed by atoms with E-state index in [-0.39, 0.29) is 28.5 Å². The summed E-state index contributed by atoms with van der Waals surface area (Å²) in [5, 5.41) is 5.64. The summed E-state index contributed by atoms with van der Waals surface area (Å²) in [7, 11) is 0. The molecule has 28 heavy (non-hydrogen) atoms. The van der Waals surface area contributed by atoms with Gasteiger partial charge in [0.05, 0.1) is 10.8 Å². The predicted octanol–water partition coefficient (Wildman–Crippen LogP) is 5.73. The SMILES string of the molecule is O=C(CSc1cccc(NC(=O)C2CCCCC2)c1)Nc1ccc(F)c(Cl)c1. The third-order valence-corrected chi connectivity index (χ3v) is 5.93. The Morgan fingerprint density at radius 1 is 1.04 bits per heavy atom. The number of carbonyl (C=O) groups is 2. The number of hydrogen-bond acceptors (Lipinski definition) is 3. The van der Waals surface area contributed by atoms with Gasteiger partial charge in [0.25, 0.3) is 0 Å². The summed E-state index contributed by atoms with van der Waals surface area (Å²) in [6, 6.07) is 11.5. The molecule has 7 heteroatoms. The number of rotatable bonds is 6. The van der Waals surface area contributed by atoms with Crippen LogP contribution in [-0.2, 0) is 9.59 Å². The summed E-state index contributed by atoms with van der Waals surface area (Å²) >= 11 is 7.08. The lowest BCUT2D eigenvalue weighted by molar-refractivity contribution is -0.120. The second kappa shape index (κ2) is 9.94. The van der Waals surface area contributed by atoms with Gasteiger partial charge in [-0.25, -0.2) is 4.39 Å². The van der Waals surface area contributed by atoms with Crippen molar-refractivity contribution in [3.05, 3.63) is 53.3 Å². The molecule has 0 saturated heterocycles. The minimum atomic E-state index is -0.527. The molecule has 1 aliphatic rings. The molecule has 0 bridgehead atoms. The minimum Gasteiger partial charge on any atom is -0.326 e. The number of anilines is 2. The lowest BCUT2D eigenvalue weighted by Crippen LogP contribution is -2.24. The molecule has 2 aromatic carbocycles. The van der Waals surface area contributed by atoms with Crippen molar-refractivity contribution in [3.63, 3.8) is 0 Å². The molecule has 0 aromatic heterocycles. The molecule has 0 heterocycles. The van der Waals surface area contributed by atoms with Gasteiger partial charge in [-0.3, -0.25) is 9.59 Å². The maximum absolute atomic E-state index is 13.2. The Bertz CT molecular complexity index is 856. The largest absolute Gasteiger partial charge is 0.326 e. The molecule has 2 amide bonds. The molecule has 2 N–H and O–H groups in total. The van der Waals surface area contributed by atoms with Gasteiger partial charge >= 0.3 is 0 Å². The number of nitrogens with one attached hydrogen (secondary N) is 2. The maximum Gasteiger partial charge on any atom is 0.234 e. The number of halogens is 2. The van der Waals surface area contributed by atoms with Crippen LogP contribution < -0.4 is 10.6 Å². The van der Waals surface area contributed by atoms with Gasteiger partial charge in [0.1, 0.15) is 5.82 Å². The molecule has 4 nitrogen and oxygen atoms in total. The van der Waals surface area contributed by atoms with Crippen LogP contribution in [0.1, 0.15) is 32.1 Å². The van der Waals surface area contributed by atoms with Gasteiger partial charge in [0.15, 0.2) is 0 Å². The van der Waals surface area contributed by atoms with Gasteiger partial charge in [-0.2, -0.15) is 0 Å². The minimum absolute atomic E-state index is 0.0353. The van der Waals surface area contributed by atoms with Crippen molar-refractivity contribution < 1.29 is 14.0 Å². The first-order valence-corrected chi connectivity index (χ1v) is 10.7. The average molecular weight is 421 g/mol. The van der Waals surface area contributed by atoms with Crippen LogP contribution in [0.4, 0.5) is 15.8 Å². The summed E-state index contributed by atoms with van der Waals surface area (Å²) in [5.41, 5.74) is 1.19. The Labute approximate surface area is 173 Å². The zero-order valence-corrected chi connectivity index (χ0v) is 16.9. The fourth-order valence-electron chi connectivity index (χ4n) is 3.19. The molecule has 2 aromatic rings. The summed E-state index contributed by atoms with van der Waals surface area (Å²) in [4.78, 5) is 25.4. The van der Waals surface area contributed by atoms with Crippen LogP contribution >= 0.6 is 23.4 Å². The van der Waals surface area contributed by atoms with Crippen molar-refractivity contribution in [3.8, 4) is 0 Å². The van der Waals surface area contributed by atoms with E-state index in [9.17, 15) is 14.0 Å². The van der Waals surface area contributed by atoms with Gasteiger partial charge in [0.2, 0.25) is 11.8 Å². The van der Waals surface area contributed by atoms with Crippen molar-refractivity contribution in [1.29, 1.82) is 0 Å². The van der Waals surface area contributed by atoms with E-state index in [0.717, 1.165) is 36.3 Å². The summed E-state index contributed by atoms with van der Waals surface area (Å²) in [6.45, 7) is 0. The van der Waals surface area contributed by atoms with E-state index in [0.29, 0.717) is 5.69 Å². The van der Waals surface area contributed by atoms with E-state index >= 15 is 0 Å². The average Bonchev–Trinajstić information content (AvgIpc) is 2.70. The first kappa shape index (κ1) is 20.7. The molecule has 0 unspecified atom stereocenters. The first-order valence-electron chi connectivity index (χ1n) is 9.30. The van der Waals surface area contributed by atoms with E-state index in [2.05, 4.69) is 10.6 Å². The molecule has 1 aliphatic carbocycles. The van der Waals surface area contributed by atoms with Gasteiger partial charge in [-0.1, -0.05) is 36.9 Å². The normalized spacial score (nSPS) is 14.5. The Morgan fingerprint density at radius 3 is 2.54 bits per heavy atom. The molecule has 0 spiro atoms. The maximum atomic E-state index is 13.2. The summed E-state index contributed by atoms with van der Waals surface area (Å²) < 4.78 is 13.2. The van der Waals surface area contributed by atoms with E-state index < -0.39 is 5.82 Å². The Morgan fingerprint density at radius 2 is 1.79 bits per heavy atom. The molecule has 0 aliphatic heterocycles. The molecule has 1 saturated carbocycles. The molecular weight excluding hydrogens is 399 g/mol. The zero-order valence-electron chi connectivity index (χ0n) is 15.3. The van der Waals surface area contributed by atoms with Crippen LogP contribution in [-0.4, -0.2) is 17.6 Å². The number of benzene rings is 2. The highest BCUT2D eigenvalue weighted by Crippen LogP contribution is 2.27. The topological polar surface area (TPSA) is 58.2 Å². The van der Waals surface area contributed by atoms with Crippen LogP contribution in [0.25, 0.3) is 0 Å². The Kier molecular flexibility index (Phi) is 7.34. The fourth-order valence-corrected chi connectivity index (χ4v) is 4.13. The van der Waals surface area contributed by atoms with Crippen molar-refractivity contribution in [1.82, 2.24) is 0 Å². The van der Waals surface area contributed by atoms with Gasteiger partial charge in [-0.05, 0) is 49.2 Å². The van der Waals surface area contributed by atoms with Crippen molar-refractivity contribution >= 4 is 46.6 Å². The van der Waals surface area contributed by atoms with Crippen LogP contribution in [0.2, 0.25) is 5.02 Å². The van der Waals surface area contributed by atoms with Crippen LogP contribution in [0, 0.1) is 11.7 Å². The van der Waals surface area contributed by atoms with E-state index in [1.807, 2.05) is 24.3 Å². The quantitative estimate of drug-likeness (QED) is 0.587. The number of amides is 2. The van der Waals surface area contributed by atoms with Crippen molar-refractivity contribution in [2.24, 2.45) is 5.92 Å². The summed E-state index contributed by atoms with van der Waals surface area (Å²) in [6.07, 6.45) is 5.34. The fraction of sp³-hybridized carbons (Fsp3) is 0.333.